The zero-order valence-electron chi connectivity index (χ0n) is 9.64. The Hall–Kier alpha value is -1.82. The Morgan fingerprint density at radius 3 is 2.72 bits per heavy atom. The smallest absolute Gasteiger partial charge is 0.270 e. The molecule has 2 aromatic rings. The molecule has 6 heteroatoms. The van der Waals surface area contributed by atoms with Crippen LogP contribution in [0.15, 0.2) is 39.2 Å². The van der Waals surface area contributed by atoms with Crippen LogP contribution in [0.3, 0.4) is 0 Å². The van der Waals surface area contributed by atoms with Gasteiger partial charge in [0.25, 0.3) is 5.69 Å². The zero-order valence-corrected chi connectivity index (χ0v) is 11.2. The molecule has 1 aromatic carbocycles. The second-order valence-electron chi connectivity index (χ2n) is 3.79. The number of benzene rings is 1. The topological polar surface area (TPSA) is 68.3 Å². The summed E-state index contributed by atoms with van der Waals surface area (Å²) >= 11 is 3.30. The van der Waals surface area contributed by atoms with Crippen molar-refractivity contribution in [2.24, 2.45) is 0 Å². The second-order valence-corrected chi connectivity index (χ2v) is 4.64. The van der Waals surface area contributed by atoms with Crippen LogP contribution in [0.25, 0.3) is 0 Å². The highest BCUT2D eigenvalue weighted by atomic mass is 79.9. The van der Waals surface area contributed by atoms with Gasteiger partial charge in [0.15, 0.2) is 0 Å². The molecule has 2 rings (SSSR count). The summed E-state index contributed by atoms with van der Waals surface area (Å²) in [5.41, 5.74) is 0.843. The number of halogens is 1. The lowest BCUT2D eigenvalue weighted by atomic mass is 10.3. The molecule has 0 fully saturated rings. The average Bonchev–Trinajstić information content (AvgIpc) is 2.73. The number of hydrogen-bond donors (Lipinski definition) is 1. The van der Waals surface area contributed by atoms with Crippen LogP contribution in [-0.2, 0) is 6.54 Å². The summed E-state index contributed by atoms with van der Waals surface area (Å²) in [6, 6.07) is 8.37. The molecule has 0 amide bonds. The molecule has 0 aliphatic rings. The van der Waals surface area contributed by atoms with Gasteiger partial charge in [-0.25, -0.2) is 0 Å². The number of rotatable bonds is 4. The Balaban J connectivity index is 2.08. The summed E-state index contributed by atoms with van der Waals surface area (Å²) in [6.45, 7) is 2.41. The Kier molecular flexibility index (Phi) is 3.66. The van der Waals surface area contributed by atoms with Crippen molar-refractivity contribution in [2.45, 2.75) is 13.5 Å². The van der Waals surface area contributed by atoms with Crippen molar-refractivity contribution < 1.29 is 9.34 Å². The first-order chi connectivity index (χ1) is 8.56. The maximum Gasteiger partial charge on any atom is 0.270 e. The van der Waals surface area contributed by atoms with Crippen molar-refractivity contribution in [3.05, 3.63) is 56.4 Å². The molecule has 0 aliphatic heterocycles. The molecule has 0 saturated carbocycles. The molecule has 0 atom stereocenters. The minimum Gasteiger partial charge on any atom is -0.465 e. The normalized spacial score (nSPS) is 10.3. The van der Waals surface area contributed by atoms with Gasteiger partial charge in [0, 0.05) is 22.3 Å². The van der Waals surface area contributed by atoms with E-state index in [1.165, 1.54) is 12.1 Å². The van der Waals surface area contributed by atoms with Crippen LogP contribution in [-0.4, -0.2) is 4.92 Å². The molecule has 94 valence electrons. The van der Waals surface area contributed by atoms with Gasteiger partial charge in [0.05, 0.1) is 11.5 Å². The van der Waals surface area contributed by atoms with E-state index in [9.17, 15) is 10.1 Å². The van der Waals surface area contributed by atoms with Gasteiger partial charge in [-0.15, -0.1) is 0 Å². The molecule has 18 heavy (non-hydrogen) atoms. The third-order valence-corrected chi connectivity index (χ3v) is 3.07. The zero-order chi connectivity index (χ0) is 13.1. The van der Waals surface area contributed by atoms with Gasteiger partial charge in [0.2, 0.25) is 0 Å². The van der Waals surface area contributed by atoms with Gasteiger partial charge in [-0.2, -0.15) is 0 Å². The number of anilines is 1. The molecule has 1 aromatic heterocycles. The van der Waals surface area contributed by atoms with E-state index >= 15 is 0 Å². The largest absolute Gasteiger partial charge is 0.465 e. The van der Waals surface area contributed by atoms with Gasteiger partial charge in [-0.3, -0.25) is 10.1 Å². The fourth-order valence-corrected chi connectivity index (χ4v) is 2.03. The average molecular weight is 311 g/mol. The van der Waals surface area contributed by atoms with E-state index in [-0.39, 0.29) is 5.69 Å². The summed E-state index contributed by atoms with van der Waals surface area (Å²) in [5.74, 6) is 1.67. The van der Waals surface area contributed by atoms with E-state index < -0.39 is 4.92 Å². The van der Waals surface area contributed by atoms with Gasteiger partial charge in [0.1, 0.15) is 11.5 Å². The molecule has 0 radical (unpaired) electrons. The van der Waals surface area contributed by atoms with Crippen molar-refractivity contribution in [3.8, 4) is 0 Å². The third kappa shape index (κ3) is 2.89. The van der Waals surface area contributed by atoms with Crippen molar-refractivity contribution >= 4 is 27.3 Å². The summed E-state index contributed by atoms with van der Waals surface area (Å²) in [7, 11) is 0. The minimum absolute atomic E-state index is 0.0567. The molecule has 0 unspecified atom stereocenters. The number of nitro groups is 1. The van der Waals surface area contributed by atoms with Crippen LogP contribution >= 0.6 is 15.9 Å². The number of furan rings is 1. The number of nitrogens with zero attached hydrogens (tertiary/aromatic N) is 1. The number of non-ortho nitro benzene ring substituents is 1. The van der Waals surface area contributed by atoms with Gasteiger partial charge >= 0.3 is 0 Å². The lowest BCUT2D eigenvalue weighted by Crippen LogP contribution is -1.99. The van der Waals surface area contributed by atoms with Crippen LogP contribution in [0.1, 0.15) is 11.5 Å². The van der Waals surface area contributed by atoms with Gasteiger partial charge in [-0.05, 0) is 41.1 Å². The van der Waals surface area contributed by atoms with Crippen LogP contribution in [0.5, 0.6) is 0 Å². The highest BCUT2D eigenvalue weighted by Gasteiger charge is 2.09. The van der Waals surface area contributed by atoms with Crippen LogP contribution < -0.4 is 5.32 Å². The van der Waals surface area contributed by atoms with E-state index in [1.54, 1.807) is 6.07 Å². The third-order valence-electron chi connectivity index (χ3n) is 2.41. The quantitative estimate of drug-likeness (QED) is 0.687. The number of aryl methyl sites for hydroxylation is 1. The van der Waals surface area contributed by atoms with Crippen molar-refractivity contribution in [2.75, 3.05) is 5.32 Å². The highest BCUT2D eigenvalue weighted by molar-refractivity contribution is 9.10. The van der Waals surface area contributed by atoms with Crippen LogP contribution in [0.4, 0.5) is 11.4 Å². The van der Waals surface area contributed by atoms with E-state index in [0.29, 0.717) is 11.0 Å². The van der Waals surface area contributed by atoms with E-state index in [4.69, 9.17) is 4.42 Å². The maximum absolute atomic E-state index is 10.6. The predicted octanol–water partition coefficient (Wildman–Crippen LogP) is 3.87. The predicted molar refractivity (Wildman–Crippen MR) is 71.6 cm³/mol. The summed E-state index contributed by atoms with van der Waals surface area (Å²) < 4.78 is 6.07. The number of nitro benzene ring substituents is 1. The molecule has 5 nitrogen and oxygen atoms in total. The highest BCUT2D eigenvalue weighted by Crippen LogP contribution is 2.27. The Bertz CT molecular complexity index is 580. The molecule has 0 aliphatic carbocycles. The van der Waals surface area contributed by atoms with Crippen LogP contribution in [0.2, 0.25) is 0 Å². The van der Waals surface area contributed by atoms with Gasteiger partial charge in [-0.1, -0.05) is 0 Å². The first-order valence-electron chi connectivity index (χ1n) is 5.29. The number of nitrogens with one attached hydrogen (secondary N) is 1. The van der Waals surface area contributed by atoms with Gasteiger partial charge < -0.3 is 9.73 Å². The van der Waals surface area contributed by atoms with Crippen molar-refractivity contribution in [1.29, 1.82) is 0 Å². The minimum atomic E-state index is -0.426. The molecule has 1 N–H and O–H groups in total. The molecular formula is C12H11BrN2O3. The monoisotopic (exact) mass is 310 g/mol. The van der Waals surface area contributed by atoms with Crippen LogP contribution in [0, 0.1) is 17.0 Å². The Morgan fingerprint density at radius 1 is 1.39 bits per heavy atom. The number of hydrogen-bond acceptors (Lipinski definition) is 4. The fraction of sp³-hybridized carbons (Fsp3) is 0.167. The standard InChI is InChI=1S/C12H11BrN2O3/c1-8-2-4-10(18-8)7-14-12-5-3-9(15(16)17)6-11(12)13/h2-6,14H,7H2,1H3. The maximum atomic E-state index is 10.6. The van der Waals surface area contributed by atoms with Crippen molar-refractivity contribution in [3.63, 3.8) is 0 Å². The first-order valence-corrected chi connectivity index (χ1v) is 6.08. The molecular weight excluding hydrogens is 300 g/mol. The lowest BCUT2D eigenvalue weighted by Gasteiger charge is -2.06. The first kappa shape index (κ1) is 12.6. The second kappa shape index (κ2) is 5.22. The van der Waals surface area contributed by atoms with E-state index in [1.807, 2.05) is 19.1 Å². The van der Waals surface area contributed by atoms with Crippen molar-refractivity contribution in [1.82, 2.24) is 0 Å². The summed E-state index contributed by atoms with van der Waals surface area (Å²) in [4.78, 5) is 10.2. The Morgan fingerprint density at radius 2 is 2.17 bits per heavy atom. The lowest BCUT2D eigenvalue weighted by molar-refractivity contribution is -0.384. The Labute approximate surface area is 112 Å². The van der Waals surface area contributed by atoms with E-state index in [2.05, 4.69) is 21.2 Å². The SMILES string of the molecule is Cc1ccc(CNc2ccc([N+](=O)[O-])cc2Br)o1. The molecule has 1 heterocycles. The molecule has 0 bridgehead atoms. The molecule has 0 spiro atoms. The van der Waals surface area contributed by atoms with E-state index in [0.717, 1.165) is 17.2 Å². The summed E-state index contributed by atoms with van der Waals surface area (Å²) in [6.07, 6.45) is 0. The summed E-state index contributed by atoms with van der Waals surface area (Å²) in [5, 5.41) is 13.7. The molecule has 0 saturated heterocycles. The fourth-order valence-electron chi connectivity index (χ4n) is 1.52.